The van der Waals surface area contributed by atoms with E-state index in [1.54, 1.807) is 30.3 Å². The molecule has 2 rings (SSSR count). The average molecular weight is 378 g/mol. The minimum atomic E-state index is -3.80. The summed E-state index contributed by atoms with van der Waals surface area (Å²) in [5.74, 6) is 0. The molecule has 0 aliphatic heterocycles. The Morgan fingerprint density at radius 3 is 2.36 bits per heavy atom. The lowest BCUT2D eigenvalue weighted by atomic mass is 10.2. The molecule has 0 saturated carbocycles. The summed E-state index contributed by atoms with van der Waals surface area (Å²) in [5.41, 5.74) is 1.29. The number of hydrogen-bond donors (Lipinski definition) is 1. The number of hydrogen-bond acceptors (Lipinski definition) is 3. The van der Waals surface area contributed by atoms with Crippen molar-refractivity contribution < 1.29 is 8.42 Å². The van der Waals surface area contributed by atoms with Crippen LogP contribution in [0.25, 0.3) is 0 Å². The first-order valence-corrected chi connectivity index (χ1v) is 8.69. The van der Waals surface area contributed by atoms with Crippen LogP contribution in [0.2, 0.25) is 10.0 Å². The molecule has 0 heterocycles. The summed E-state index contributed by atoms with van der Waals surface area (Å²) in [4.78, 5) is 2.15. The third-order valence-electron chi connectivity index (χ3n) is 2.77. The third kappa shape index (κ3) is 3.93. The molecule has 2 aromatic carbocycles. The van der Waals surface area contributed by atoms with Gasteiger partial charge in [0.25, 0.3) is 10.0 Å². The number of aryl methyl sites for hydroxylation is 1. The van der Waals surface area contributed by atoms with Crippen LogP contribution >= 0.6 is 34.8 Å². The van der Waals surface area contributed by atoms with Crippen LogP contribution in [-0.2, 0) is 10.0 Å². The fourth-order valence-corrected chi connectivity index (χ4v) is 3.09. The van der Waals surface area contributed by atoms with Crippen LogP contribution in [0.4, 0.5) is 0 Å². The van der Waals surface area contributed by atoms with Gasteiger partial charge in [0.15, 0.2) is 5.17 Å². The van der Waals surface area contributed by atoms with E-state index in [1.165, 1.54) is 12.1 Å². The van der Waals surface area contributed by atoms with Crippen LogP contribution in [0.5, 0.6) is 0 Å². The highest BCUT2D eigenvalue weighted by Crippen LogP contribution is 2.26. The van der Waals surface area contributed by atoms with Gasteiger partial charge in [-0.05, 0) is 25.1 Å². The third-order valence-corrected chi connectivity index (χ3v) is 5.10. The van der Waals surface area contributed by atoms with Crippen molar-refractivity contribution in [3.8, 4) is 0 Å². The molecule has 22 heavy (non-hydrogen) atoms. The number of sulfonamides is 1. The molecule has 0 aliphatic carbocycles. The second-order valence-electron chi connectivity index (χ2n) is 4.41. The molecule has 0 atom stereocenters. The molecule has 1 N–H and O–H groups in total. The molecule has 0 saturated heterocycles. The summed E-state index contributed by atoms with van der Waals surface area (Å²) >= 11 is 17.9. The van der Waals surface area contributed by atoms with E-state index in [9.17, 15) is 8.42 Å². The molecular weight excluding hydrogens is 367 g/mol. The van der Waals surface area contributed by atoms with Crippen LogP contribution in [0.15, 0.2) is 52.5 Å². The van der Waals surface area contributed by atoms with E-state index in [-0.39, 0.29) is 15.1 Å². The van der Waals surface area contributed by atoms with Gasteiger partial charge < -0.3 is 0 Å². The van der Waals surface area contributed by atoms with Crippen LogP contribution in [0.3, 0.4) is 0 Å². The van der Waals surface area contributed by atoms with Crippen molar-refractivity contribution in [2.75, 3.05) is 0 Å². The predicted octanol–water partition coefficient (Wildman–Crippen LogP) is 4.18. The average Bonchev–Trinajstić information content (AvgIpc) is 2.48. The van der Waals surface area contributed by atoms with Crippen molar-refractivity contribution in [1.29, 1.82) is 0 Å². The second-order valence-corrected chi connectivity index (χ2v) is 7.22. The van der Waals surface area contributed by atoms with Gasteiger partial charge in [-0.1, -0.05) is 64.6 Å². The van der Waals surface area contributed by atoms with Crippen molar-refractivity contribution in [2.45, 2.75) is 11.8 Å². The van der Waals surface area contributed by atoms with Gasteiger partial charge in [-0.15, -0.1) is 0 Å². The maximum Gasteiger partial charge on any atom is 0.276 e. The Labute approximate surface area is 143 Å². The molecule has 0 unspecified atom stereocenters. The quantitative estimate of drug-likeness (QED) is 0.642. The lowest BCUT2D eigenvalue weighted by Gasteiger charge is -2.06. The fourth-order valence-electron chi connectivity index (χ4n) is 1.59. The van der Waals surface area contributed by atoms with Gasteiger partial charge >= 0.3 is 0 Å². The highest BCUT2D eigenvalue weighted by atomic mass is 35.5. The summed E-state index contributed by atoms with van der Waals surface area (Å²) < 4.78 is 24.2. The number of hydrazone groups is 1. The van der Waals surface area contributed by atoms with Crippen molar-refractivity contribution in [3.05, 3.63) is 63.6 Å². The van der Waals surface area contributed by atoms with Gasteiger partial charge in [0.05, 0.1) is 14.9 Å². The fraction of sp³-hybridized carbons (Fsp3) is 0.0714. The molecule has 0 radical (unpaired) electrons. The SMILES string of the molecule is Cc1ccc(S(=O)(=O)NN=C(Cl)c2cccc(Cl)c2Cl)cc1. The van der Waals surface area contributed by atoms with Gasteiger partial charge in [0.1, 0.15) is 0 Å². The number of rotatable bonds is 4. The zero-order chi connectivity index (χ0) is 16.3. The van der Waals surface area contributed by atoms with Crippen LogP contribution in [0.1, 0.15) is 11.1 Å². The molecule has 0 aliphatic rings. The van der Waals surface area contributed by atoms with Crippen molar-refractivity contribution in [2.24, 2.45) is 5.10 Å². The molecule has 116 valence electrons. The first-order chi connectivity index (χ1) is 10.3. The van der Waals surface area contributed by atoms with E-state index in [1.807, 2.05) is 6.92 Å². The van der Waals surface area contributed by atoms with Crippen LogP contribution in [0, 0.1) is 6.92 Å². The topological polar surface area (TPSA) is 58.5 Å². The van der Waals surface area contributed by atoms with Gasteiger partial charge in [-0.25, -0.2) is 0 Å². The predicted molar refractivity (Wildman–Crippen MR) is 90.4 cm³/mol. The normalized spacial score (nSPS) is 12.3. The van der Waals surface area contributed by atoms with Gasteiger partial charge in [0, 0.05) is 5.56 Å². The Balaban J connectivity index is 2.26. The first-order valence-electron chi connectivity index (χ1n) is 6.07. The zero-order valence-electron chi connectivity index (χ0n) is 11.3. The van der Waals surface area contributed by atoms with E-state index in [4.69, 9.17) is 34.8 Å². The van der Waals surface area contributed by atoms with Gasteiger partial charge in [-0.2, -0.15) is 18.4 Å². The number of halogens is 3. The highest BCUT2D eigenvalue weighted by Gasteiger charge is 2.14. The highest BCUT2D eigenvalue weighted by molar-refractivity contribution is 7.89. The molecule has 8 heteroatoms. The van der Waals surface area contributed by atoms with Gasteiger partial charge in [-0.3, -0.25) is 0 Å². The van der Waals surface area contributed by atoms with E-state index >= 15 is 0 Å². The molecule has 0 bridgehead atoms. The molecule has 0 amide bonds. The Kier molecular flexibility index (Phi) is 5.34. The smallest absolute Gasteiger partial charge is 0.200 e. The maximum atomic E-state index is 12.1. The second kappa shape index (κ2) is 6.87. The van der Waals surface area contributed by atoms with Gasteiger partial charge in [0.2, 0.25) is 0 Å². The lowest BCUT2D eigenvalue weighted by Crippen LogP contribution is -2.19. The first kappa shape index (κ1) is 17.1. The summed E-state index contributed by atoms with van der Waals surface area (Å²) in [6, 6.07) is 11.1. The van der Waals surface area contributed by atoms with E-state index in [0.717, 1.165) is 5.56 Å². The molecule has 0 fully saturated rings. The van der Waals surface area contributed by atoms with E-state index in [0.29, 0.717) is 10.6 Å². The Morgan fingerprint density at radius 2 is 1.73 bits per heavy atom. The van der Waals surface area contributed by atoms with Crippen LogP contribution in [-0.4, -0.2) is 13.6 Å². The van der Waals surface area contributed by atoms with Crippen molar-refractivity contribution in [1.82, 2.24) is 4.83 Å². The summed E-state index contributed by atoms with van der Waals surface area (Å²) in [5, 5.41) is 4.06. The van der Waals surface area contributed by atoms with Crippen molar-refractivity contribution in [3.63, 3.8) is 0 Å². The zero-order valence-corrected chi connectivity index (χ0v) is 14.4. The Morgan fingerprint density at radius 1 is 1.09 bits per heavy atom. The number of benzene rings is 2. The van der Waals surface area contributed by atoms with Crippen molar-refractivity contribution >= 4 is 50.0 Å². The van der Waals surface area contributed by atoms with Crippen LogP contribution < -0.4 is 4.83 Å². The summed E-state index contributed by atoms with van der Waals surface area (Å²) in [6.07, 6.45) is 0. The lowest BCUT2D eigenvalue weighted by molar-refractivity contribution is 0.584. The molecule has 4 nitrogen and oxygen atoms in total. The standard InChI is InChI=1S/C14H11Cl3N2O2S/c1-9-5-7-10(8-6-9)22(20,21)19-18-14(17)11-3-2-4-12(15)13(11)16/h2-8,19H,1H3. The number of nitrogens with zero attached hydrogens (tertiary/aromatic N) is 1. The monoisotopic (exact) mass is 376 g/mol. The summed E-state index contributed by atoms with van der Waals surface area (Å²) in [7, 11) is -3.80. The van der Waals surface area contributed by atoms with E-state index < -0.39 is 10.0 Å². The minimum Gasteiger partial charge on any atom is -0.200 e. The Hall–Kier alpha value is -1.27. The number of nitrogens with one attached hydrogen (secondary N) is 1. The molecule has 0 aromatic heterocycles. The minimum absolute atomic E-state index is 0.0866. The Bertz CT molecular complexity index is 818. The molecular formula is C14H11Cl3N2O2S. The molecule has 0 spiro atoms. The summed E-state index contributed by atoms with van der Waals surface area (Å²) in [6.45, 7) is 1.86. The largest absolute Gasteiger partial charge is 0.276 e. The maximum absolute atomic E-state index is 12.1. The molecule has 2 aromatic rings. The van der Waals surface area contributed by atoms with E-state index in [2.05, 4.69) is 9.93 Å².